The van der Waals surface area contributed by atoms with Crippen LogP contribution in [0.3, 0.4) is 0 Å². The molecule has 0 aromatic heterocycles. The van der Waals surface area contributed by atoms with Gasteiger partial charge in [-0.3, -0.25) is 0 Å². The highest BCUT2D eigenvalue weighted by molar-refractivity contribution is 7.89. The van der Waals surface area contributed by atoms with Crippen LogP contribution in [0.4, 0.5) is 0 Å². The molecule has 7 heteroatoms. The molecule has 0 aliphatic rings. The predicted molar refractivity (Wildman–Crippen MR) is 66.0 cm³/mol. The van der Waals surface area contributed by atoms with E-state index in [1.54, 1.807) is 6.07 Å². The van der Waals surface area contributed by atoms with Crippen molar-refractivity contribution in [1.29, 1.82) is 0 Å². The van der Waals surface area contributed by atoms with Crippen molar-refractivity contribution in [3.05, 3.63) is 23.8 Å². The number of ether oxygens (including phenoxy) is 2. The molecule has 0 fully saturated rings. The van der Waals surface area contributed by atoms with Crippen molar-refractivity contribution in [2.24, 2.45) is 0 Å². The van der Waals surface area contributed by atoms with Gasteiger partial charge in [0, 0.05) is 13.7 Å². The Morgan fingerprint density at radius 2 is 2.06 bits per heavy atom. The lowest BCUT2D eigenvalue weighted by atomic mass is 10.2. The highest BCUT2D eigenvalue weighted by atomic mass is 32.2. The Bertz CT molecular complexity index is 486. The first-order chi connectivity index (χ1) is 8.55. The SMILES string of the molecule is COCCNS(=O)(=O)c1cc(CO)ccc1OC. The normalized spacial score (nSPS) is 11.5. The number of rotatable bonds is 7. The third kappa shape index (κ3) is 3.67. The van der Waals surface area contributed by atoms with Crippen LogP contribution < -0.4 is 9.46 Å². The van der Waals surface area contributed by atoms with Crippen LogP contribution in [-0.2, 0) is 21.4 Å². The van der Waals surface area contributed by atoms with Gasteiger partial charge in [-0.25, -0.2) is 13.1 Å². The van der Waals surface area contributed by atoms with Crippen molar-refractivity contribution in [3.63, 3.8) is 0 Å². The van der Waals surface area contributed by atoms with Gasteiger partial charge in [0.1, 0.15) is 10.6 Å². The molecule has 0 amide bonds. The maximum Gasteiger partial charge on any atom is 0.244 e. The molecule has 0 spiro atoms. The number of aliphatic hydroxyl groups is 1. The zero-order valence-corrected chi connectivity index (χ0v) is 11.2. The molecule has 0 aliphatic heterocycles. The summed E-state index contributed by atoms with van der Waals surface area (Å²) in [5.41, 5.74) is 0.503. The zero-order valence-electron chi connectivity index (χ0n) is 10.3. The number of sulfonamides is 1. The van der Waals surface area contributed by atoms with Crippen LogP contribution in [0.15, 0.2) is 23.1 Å². The molecule has 0 saturated carbocycles. The van der Waals surface area contributed by atoms with Crippen molar-refractivity contribution in [3.8, 4) is 5.75 Å². The van der Waals surface area contributed by atoms with Crippen LogP contribution in [-0.4, -0.2) is 40.9 Å². The third-order valence-electron chi connectivity index (χ3n) is 2.30. The molecule has 2 N–H and O–H groups in total. The van der Waals surface area contributed by atoms with E-state index in [4.69, 9.17) is 14.6 Å². The molecule has 0 unspecified atom stereocenters. The standard InChI is InChI=1S/C11H17NO5S/c1-16-6-5-12-18(14,15)11-7-9(8-13)3-4-10(11)17-2/h3-4,7,12-13H,5-6,8H2,1-2H3. The molecule has 1 rings (SSSR count). The molecule has 0 aliphatic carbocycles. The van der Waals surface area contributed by atoms with E-state index in [1.165, 1.54) is 26.4 Å². The molecular weight excluding hydrogens is 258 g/mol. The summed E-state index contributed by atoms with van der Waals surface area (Å²) in [6, 6.07) is 4.50. The van der Waals surface area contributed by atoms with E-state index < -0.39 is 10.0 Å². The predicted octanol–water partition coefficient (Wildman–Crippen LogP) is 0.112. The summed E-state index contributed by atoms with van der Waals surface area (Å²) in [4.78, 5) is 0.00709. The molecule has 102 valence electrons. The number of hydrogen-bond acceptors (Lipinski definition) is 5. The van der Waals surface area contributed by atoms with Gasteiger partial charge in [0.2, 0.25) is 10.0 Å². The van der Waals surface area contributed by atoms with E-state index in [0.717, 1.165) is 0 Å². The Labute approximate surface area is 107 Å². The number of aliphatic hydroxyl groups excluding tert-OH is 1. The smallest absolute Gasteiger partial charge is 0.244 e. The fourth-order valence-electron chi connectivity index (χ4n) is 1.39. The number of hydrogen-bond donors (Lipinski definition) is 2. The third-order valence-corrected chi connectivity index (χ3v) is 3.78. The second-order valence-corrected chi connectivity index (χ2v) is 5.27. The van der Waals surface area contributed by atoms with E-state index in [-0.39, 0.29) is 30.4 Å². The van der Waals surface area contributed by atoms with Gasteiger partial charge in [-0.1, -0.05) is 6.07 Å². The Balaban J connectivity index is 3.05. The Hall–Kier alpha value is -1.15. The van der Waals surface area contributed by atoms with E-state index in [9.17, 15) is 8.42 Å². The lowest BCUT2D eigenvalue weighted by molar-refractivity contribution is 0.204. The second-order valence-electron chi connectivity index (χ2n) is 3.53. The van der Waals surface area contributed by atoms with Gasteiger partial charge in [0.25, 0.3) is 0 Å². The molecule has 18 heavy (non-hydrogen) atoms. The highest BCUT2D eigenvalue weighted by Gasteiger charge is 2.19. The van der Waals surface area contributed by atoms with Crippen LogP contribution in [0.1, 0.15) is 5.56 Å². The lowest BCUT2D eigenvalue weighted by Crippen LogP contribution is -2.27. The summed E-state index contributed by atoms with van der Waals surface area (Å²) in [5.74, 6) is 0.233. The number of benzene rings is 1. The highest BCUT2D eigenvalue weighted by Crippen LogP contribution is 2.24. The van der Waals surface area contributed by atoms with Gasteiger partial charge in [-0.15, -0.1) is 0 Å². The first-order valence-electron chi connectivity index (χ1n) is 5.31. The van der Waals surface area contributed by atoms with E-state index in [2.05, 4.69) is 4.72 Å². The Morgan fingerprint density at radius 3 is 2.61 bits per heavy atom. The quantitative estimate of drug-likeness (QED) is 0.690. The van der Waals surface area contributed by atoms with Crippen LogP contribution in [0.5, 0.6) is 5.75 Å². The zero-order chi connectivity index (χ0) is 13.6. The van der Waals surface area contributed by atoms with Crippen molar-refractivity contribution in [1.82, 2.24) is 4.72 Å². The minimum absolute atomic E-state index is 0.00709. The summed E-state index contributed by atoms with van der Waals surface area (Å²) in [6.45, 7) is 0.219. The molecule has 6 nitrogen and oxygen atoms in total. The summed E-state index contributed by atoms with van der Waals surface area (Å²) in [6.07, 6.45) is 0. The van der Waals surface area contributed by atoms with Gasteiger partial charge in [0.15, 0.2) is 0 Å². The van der Waals surface area contributed by atoms with Crippen molar-refractivity contribution < 1.29 is 23.0 Å². The molecule has 0 heterocycles. The number of methoxy groups -OCH3 is 2. The molecule has 0 atom stereocenters. The van der Waals surface area contributed by atoms with Gasteiger partial charge in [0.05, 0.1) is 20.3 Å². The second kappa shape index (κ2) is 6.69. The first kappa shape index (κ1) is 14.9. The van der Waals surface area contributed by atoms with Crippen molar-refractivity contribution >= 4 is 10.0 Å². The summed E-state index contributed by atoms with van der Waals surface area (Å²) >= 11 is 0. The largest absolute Gasteiger partial charge is 0.495 e. The minimum atomic E-state index is -3.67. The topological polar surface area (TPSA) is 84.9 Å². The fraction of sp³-hybridized carbons (Fsp3) is 0.455. The summed E-state index contributed by atoms with van der Waals surface area (Å²) in [5, 5.41) is 9.03. The van der Waals surface area contributed by atoms with Crippen LogP contribution in [0.25, 0.3) is 0 Å². The maximum absolute atomic E-state index is 12.0. The fourth-order valence-corrected chi connectivity index (χ4v) is 2.62. The molecule has 0 saturated heterocycles. The van der Waals surface area contributed by atoms with Gasteiger partial charge >= 0.3 is 0 Å². The van der Waals surface area contributed by atoms with Crippen LogP contribution in [0.2, 0.25) is 0 Å². The maximum atomic E-state index is 12.0. The van der Waals surface area contributed by atoms with Gasteiger partial charge in [-0.2, -0.15) is 0 Å². The molecule has 0 bridgehead atoms. The average Bonchev–Trinajstić information content (AvgIpc) is 2.38. The summed E-state index contributed by atoms with van der Waals surface area (Å²) in [7, 11) is -0.796. The minimum Gasteiger partial charge on any atom is -0.495 e. The van der Waals surface area contributed by atoms with E-state index >= 15 is 0 Å². The Morgan fingerprint density at radius 1 is 1.33 bits per heavy atom. The summed E-state index contributed by atoms with van der Waals surface area (Å²) < 4.78 is 36.2. The first-order valence-corrected chi connectivity index (χ1v) is 6.80. The molecule has 0 radical (unpaired) electrons. The Kier molecular flexibility index (Phi) is 5.54. The van der Waals surface area contributed by atoms with Crippen molar-refractivity contribution in [2.45, 2.75) is 11.5 Å². The van der Waals surface area contributed by atoms with Crippen molar-refractivity contribution in [2.75, 3.05) is 27.4 Å². The van der Waals surface area contributed by atoms with Crippen LogP contribution in [0, 0.1) is 0 Å². The molecule has 1 aromatic carbocycles. The lowest BCUT2D eigenvalue weighted by Gasteiger charge is -2.11. The monoisotopic (exact) mass is 275 g/mol. The van der Waals surface area contributed by atoms with E-state index in [0.29, 0.717) is 5.56 Å². The molecule has 1 aromatic rings. The van der Waals surface area contributed by atoms with E-state index in [1.807, 2.05) is 0 Å². The van der Waals surface area contributed by atoms with Gasteiger partial charge in [-0.05, 0) is 17.7 Å². The van der Waals surface area contributed by atoms with Crippen LogP contribution >= 0.6 is 0 Å². The van der Waals surface area contributed by atoms with Gasteiger partial charge < -0.3 is 14.6 Å². The average molecular weight is 275 g/mol. The molecular formula is C11H17NO5S. The number of nitrogens with one attached hydrogen (secondary N) is 1.